The van der Waals surface area contributed by atoms with Gasteiger partial charge in [-0.2, -0.15) is 0 Å². The van der Waals surface area contributed by atoms with Gasteiger partial charge in [0, 0.05) is 16.6 Å². The van der Waals surface area contributed by atoms with Gasteiger partial charge in [-0.3, -0.25) is 0 Å². The Bertz CT molecular complexity index is 655. The van der Waals surface area contributed by atoms with Crippen LogP contribution in [0.4, 0.5) is 0 Å². The lowest BCUT2D eigenvalue weighted by Gasteiger charge is -2.03. The minimum absolute atomic E-state index is 0.272. The molecule has 0 aliphatic heterocycles. The standard InChI is InChI=1S/C12H7BClO3/c14-8-5-6-10-11(12(8)13(15)16)7-3-1-2-4-9(7)17-10/h1,3-6,15-16H/q+1. The zero-order chi connectivity index (χ0) is 12.0. The van der Waals surface area contributed by atoms with Crippen molar-refractivity contribution in [2.45, 2.75) is 0 Å². The van der Waals surface area contributed by atoms with Crippen LogP contribution in [0.3, 0.4) is 0 Å². The Morgan fingerprint density at radius 3 is 2.88 bits per heavy atom. The second-order valence-electron chi connectivity index (χ2n) is 3.73. The van der Waals surface area contributed by atoms with Crippen molar-refractivity contribution in [1.82, 2.24) is 0 Å². The van der Waals surface area contributed by atoms with Crippen LogP contribution >= 0.6 is 11.6 Å². The van der Waals surface area contributed by atoms with E-state index in [2.05, 4.69) is 6.08 Å². The highest BCUT2D eigenvalue weighted by molar-refractivity contribution is 6.66. The van der Waals surface area contributed by atoms with Gasteiger partial charge in [-0.1, -0.05) is 11.6 Å². The van der Waals surface area contributed by atoms with E-state index in [9.17, 15) is 10.0 Å². The van der Waals surface area contributed by atoms with Gasteiger partial charge in [-0.05, 0) is 12.1 Å². The lowest BCUT2D eigenvalue weighted by atomic mass is 9.77. The van der Waals surface area contributed by atoms with E-state index in [-0.39, 0.29) is 5.46 Å². The van der Waals surface area contributed by atoms with Crippen LogP contribution in [0.15, 0.2) is 22.6 Å². The van der Waals surface area contributed by atoms with Gasteiger partial charge in [-0.15, -0.1) is 0 Å². The Balaban J connectivity index is 2.46. The third kappa shape index (κ3) is 1.51. The number of allylic oxidation sites excluding steroid dienone is 2. The van der Waals surface area contributed by atoms with Crippen molar-refractivity contribution in [3.05, 3.63) is 40.6 Å². The summed E-state index contributed by atoms with van der Waals surface area (Å²) in [5.41, 5.74) is 1.64. The van der Waals surface area contributed by atoms with E-state index in [1.807, 2.05) is 6.08 Å². The van der Waals surface area contributed by atoms with Crippen LogP contribution in [0.25, 0.3) is 23.1 Å². The fourth-order valence-electron chi connectivity index (χ4n) is 2.01. The van der Waals surface area contributed by atoms with Gasteiger partial charge < -0.3 is 14.5 Å². The van der Waals surface area contributed by atoms with Gasteiger partial charge in [-0.25, -0.2) is 0 Å². The summed E-state index contributed by atoms with van der Waals surface area (Å²) in [6.07, 6.45) is 8.16. The van der Waals surface area contributed by atoms with Crippen molar-refractivity contribution in [2.24, 2.45) is 0 Å². The first-order chi connectivity index (χ1) is 8.18. The molecule has 3 rings (SSSR count). The average Bonchev–Trinajstić information content (AvgIpc) is 2.67. The van der Waals surface area contributed by atoms with Crippen LogP contribution in [0, 0.1) is 6.08 Å². The minimum atomic E-state index is -1.63. The number of furan rings is 1. The lowest BCUT2D eigenvalue weighted by molar-refractivity contribution is 0.426. The lowest BCUT2D eigenvalue weighted by Crippen LogP contribution is -2.31. The Hall–Kier alpha value is -1.58. The number of fused-ring (bicyclic) bond motifs is 3. The van der Waals surface area contributed by atoms with Gasteiger partial charge in [0.25, 0.3) is 0 Å². The Kier molecular flexibility index (Phi) is 2.32. The SMILES string of the molecule is OB(O)c1c(Cl)ccc2oc3c(c12)C=C[C+]=C3. The third-order valence-electron chi connectivity index (χ3n) is 2.73. The van der Waals surface area contributed by atoms with Crippen molar-refractivity contribution in [1.29, 1.82) is 0 Å². The first kappa shape index (κ1) is 10.6. The molecule has 2 aromatic rings. The van der Waals surface area contributed by atoms with Crippen LogP contribution in [0.1, 0.15) is 11.3 Å². The van der Waals surface area contributed by atoms with Crippen LogP contribution in [0.2, 0.25) is 5.02 Å². The number of benzene rings is 1. The van der Waals surface area contributed by atoms with Gasteiger partial charge >= 0.3 is 7.12 Å². The molecule has 17 heavy (non-hydrogen) atoms. The van der Waals surface area contributed by atoms with Crippen molar-refractivity contribution < 1.29 is 14.5 Å². The molecule has 2 N–H and O–H groups in total. The molecule has 1 aliphatic rings. The molecule has 0 radical (unpaired) electrons. The molecular formula is C12H7BClO3+. The number of rotatable bonds is 1. The molecule has 1 heterocycles. The Morgan fingerprint density at radius 1 is 1.29 bits per heavy atom. The molecule has 0 amide bonds. The minimum Gasteiger partial charge on any atom is -0.423 e. The summed E-state index contributed by atoms with van der Waals surface area (Å²) in [5, 5.41) is 19.7. The summed E-state index contributed by atoms with van der Waals surface area (Å²) in [6, 6.07) is 3.30. The summed E-state index contributed by atoms with van der Waals surface area (Å²) < 4.78 is 5.59. The summed E-state index contributed by atoms with van der Waals surface area (Å²) in [4.78, 5) is 0. The zero-order valence-electron chi connectivity index (χ0n) is 8.64. The van der Waals surface area contributed by atoms with Crippen LogP contribution < -0.4 is 5.46 Å². The Labute approximate surface area is 103 Å². The number of halogens is 1. The molecule has 0 atom stereocenters. The van der Waals surface area contributed by atoms with E-state index in [1.54, 1.807) is 24.3 Å². The maximum Gasteiger partial charge on any atom is 0.490 e. The predicted octanol–water partition coefficient (Wildman–Crippen LogP) is 1.61. The summed E-state index contributed by atoms with van der Waals surface area (Å²) >= 11 is 5.99. The van der Waals surface area contributed by atoms with Crippen LogP contribution in [-0.2, 0) is 0 Å². The fourth-order valence-corrected chi connectivity index (χ4v) is 2.27. The van der Waals surface area contributed by atoms with Gasteiger partial charge in [0.1, 0.15) is 17.7 Å². The van der Waals surface area contributed by atoms with Gasteiger partial charge in [0.2, 0.25) is 5.76 Å². The molecule has 5 heteroatoms. The highest BCUT2D eigenvalue weighted by Crippen LogP contribution is 2.30. The number of hydrogen-bond acceptors (Lipinski definition) is 3. The molecule has 1 aliphatic carbocycles. The third-order valence-corrected chi connectivity index (χ3v) is 3.06. The quantitative estimate of drug-likeness (QED) is 0.593. The summed E-state index contributed by atoms with van der Waals surface area (Å²) in [5.74, 6) is 0.645. The highest BCUT2D eigenvalue weighted by atomic mass is 35.5. The topological polar surface area (TPSA) is 53.6 Å². The predicted molar refractivity (Wildman–Crippen MR) is 67.8 cm³/mol. The molecule has 0 fully saturated rings. The number of hydrogen-bond donors (Lipinski definition) is 2. The molecule has 0 bridgehead atoms. The summed E-state index contributed by atoms with van der Waals surface area (Å²) in [6.45, 7) is 0. The van der Waals surface area contributed by atoms with Crippen molar-refractivity contribution >= 4 is 47.3 Å². The fraction of sp³-hybridized carbons (Fsp3) is 0. The van der Waals surface area contributed by atoms with E-state index in [0.29, 0.717) is 21.8 Å². The highest BCUT2D eigenvalue weighted by Gasteiger charge is 2.28. The van der Waals surface area contributed by atoms with Crippen LogP contribution in [0.5, 0.6) is 0 Å². The van der Waals surface area contributed by atoms with E-state index >= 15 is 0 Å². The van der Waals surface area contributed by atoms with Crippen molar-refractivity contribution in [3.8, 4) is 0 Å². The maximum atomic E-state index is 9.40. The molecule has 1 aromatic heterocycles. The normalized spacial score (nSPS) is 12.6. The summed E-state index contributed by atoms with van der Waals surface area (Å²) in [7, 11) is -1.63. The largest absolute Gasteiger partial charge is 0.490 e. The first-order valence-electron chi connectivity index (χ1n) is 5.05. The average molecular weight is 245 g/mol. The van der Waals surface area contributed by atoms with E-state index in [0.717, 1.165) is 5.56 Å². The maximum absolute atomic E-state index is 9.40. The molecule has 0 saturated carbocycles. The van der Waals surface area contributed by atoms with E-state index in [1.165, 1.54) is 0 Å². The molecule has 1 aromatic carbocycles. The van der Waals surface area contributed by atoms with Gasteiger partial charge in [0.05, 0.1) is 11.5 Å². The van der Waals surface area contributed by atoms with Crippen LogP contribution in [-0.4, -0.2) is 17.2 Å². The monoisotopic (exact) mass is 245 g/mol. The second kappa shape index (κ2) is 3.72. The molecule has 0 unspecified atom stereocenters. The first-order valence-corrected chi connectivity index (χ1v) is 5.43. The Morgan fingerprint density at radius 2 is 2.12 bits per heavy atom. The molecule has 0 spiro atoms. The van der Waals surface area contributed by atoms with E-state index in [4.69, 9.17) is 16.0 Å². The zero-order valence-corrected chi connectivity index (χ0v) is 9.40. The van der Waals surface area contributed by atoms with Crippen molar-refractivity contribution in [2.75, 3.05) is 0 Å². The van der Waals surface area contributed by atoms with Crippen molar-refractivity contribution in [3.63, 3.8) is 0 Å². The molecule has 82 valence electrons. The smallest absolute Gasteiger partial charge is 0.423 e. The molecule has 0 saturated heterocycles. The second-order valence-corrected chi connectivity index (χ2v) is 4.14. The molecule has 3 nitrogen and oxygen atoms in total. The molecular weight excluding hydrogens is 238 g/mol. The van der Waals surface area contributed by atoms with E-state index < -0.39 is 7.12 Å². The van der Waals surface area contributed by atoms with Gasteiger partial charge in [0.15, 0.2) is 5.58 Å².